The van der Waals surface area contributed by atoms with Crippen LogP contribution in [0.25, 0.3) is 0 Å². The van der Waals surface area contributed by atoms with E-state index in [0.29, 0.717) is 0 Å². The summed E-state index contributed by atoms with van der Waals surface area (Å²) in [5.74, 6) is 3.58. The van der Waals surface area contributed by atoms with Gasteiger partial charge in [0.1, 0.15) is 0 Å². The number of nitrogens with one attached hydrogen (secondary N) is 1. The third kappa shape index (κ3) is 3.49. The molecule has 0 aromatic carbocycles. The summed E-state index contributed by atoms with van der Waals surface area (Å²) in [6, 6.07) is 4.17. The standard InChI is InChI=1S/C13H20N2S/c1-11-13(3-2-6-15-11)10-14-9-12-4-7-16-8-5-12/h2-3,6,12,14H,4-5,7-10H2,1H3. The van der Waals surface area contributed by atoms with Crippen molar-refractivity contribution >= 4 is 11.8 Å². The number of rotatable bonds is 4. The second-order valence-electron chi connectivity index (χ2n) is 4.43. The predicted octanol–water partition coefficient (Wildman–Crippen LogP) is 2.62. The zero-order valence-electron chi connectivity index (χ0n) is 9.91. The first-order valence-corrected chi connectivity index (χ1v) is 7.20. The Morgan fingerprint density at radius 1 is 1.44 bits per heavy atom. The molecule has 1 N–H and O–H groups in total. The van der Waals surface area contributed by atoms with Gasteiger partial charge in [0.2, 0.25) is 0 Å². The van der Waals surface area contributed by atoms with Gasteiger partial charge in [0, 0.05) is 18.4 Å². The van der Waals surface area contributed by atoms with E-state index in [1.165, 1.54) is 29.9 Å². The molecule has 0 bridgehead atoms. The summed E-state index contributed by atoms with van der Waals surface area (Å²) in [7, 11) is 0. The summed E-state index contributed by atoms with van der Waals surface area (Å²) in [5, 5.41) is 3.56. The third-order valence-electron chi connectivity index (χ3n) is 3.21. The van der Waals surface area contributed by atoms with Gasteiger partial charge >= 0.3 is 0 Å². The van der Waals surface area contributed by atoms with E-state index in [-0.39, 0.29) is 0 Å². The molecule has 0 spiro atoms. The van der Waals surface area contributed by atoms with Crippen LogP contribution in [0.5, 0.6) is 0 Å². The van der Waals surface area contributed by atoms with Crippen molar-refractivity contribution < 1.29 is 0 Å². The highest BCUT2D eigenvalue weighted by atomic mass is 32.2. The van der Waals surface area contributed by atoms with E-state index >= 15 is 0 Å². The lowest BCUT2D eigenvalue weighted by atomic mass is 10.0. The Bertz CT molecular complexity index is 321. The van der Waals surface area contributed by atoms with E-state index in [9.17, 15) is 0 Å². The fraction of sp³-hybridized carbons (Fsp3) is 0.615. The van der Waals surface area contributed by atoms with Crippen molar-refractivity contribution in [2.45, 2.75) is 26.3 Å². The molecule has 0 atom stereocenters. The Balaban J connectivity index is 1.73. The fourth-order valence-corrected chi connectivity index (χ4v) is 3.27. The second-order valence-corrected chi connectivity index (χ2v) is 5.66. The first-order chi connectivity index (χ1) is 7.86. The zero-order valence-corrected chi connectivity index (χ0v) is 10.7. The van der Waals surface area contributed by atoms with Gasteiger partial charge in [-0.3, -0.25) is 4.98 Å². The van der Waals surface area contributed by atoms with Gasteiger partial charge in [0.05, 0.1) is 0 Å². The molecular weight excluding hydrogens is 216 g/mol. The number of thioether (sulfide) groups is 1. The van der Waals surface area contributed by atoms with Crippen molar-refractivity contribution in [1.82, 2.24) is 10.3 Å². The number of aromatic nitrogens is 1. The van der Waals surface area contributed by atoms with Gasteiger partial charge < -0.3 is 5.32 Å². The smallest absolute Gasteiger partial charge is 0.0417 e. The summed E-state index contributed by atoms with van der Waals surface area (Å²) in [6.45, 7) is 4.20. The highest BCUT2D eigenvalue weighted by Crippen LogP contribution is 2.21. The normalized spacial score (nSPS) is 17.6. The number of hydrogen-bond acceptors (Lipinski definition) is 3. The maximum atomic E-state index is 4.30. The Morgan fingerprint density at radius 2 is 2.25 bits per heavy atom. The van der Waals surface area contributed by atoms with Crippen LogP contribution in [0.1, 0.15) is 24.1 Å². The highest BCUT2D eigenvalue weighted by molar-refractivity contribution is 7.99. The van der Waals surface area contributed by atoms with Crippen molar-refractivity contribution in [3.05, 3.63) is 29.6 Å². The van der Waals surface area contributed by atoms with Crippen LogP contribution in [-0.4, -0.2) is 23.0 Å². The van der Waals surface area contributed by atoms with Crippen LogP contribution >= 0.6 is 11.8 Å². The lowest BCUT2D eigenvalue weighted by Gasteiger charge is -2.21. The predicted molar refractivity (Wildman–Crippen MR) is 70.7 cm³/mol. The van der Waals surface area contributed by atoms with Crippen LogP contribution in [-0.2, 0) is 6.54 Å². The molecule has 2 rings (SSSR count). The Labute approximate surface area is 102 Å². The van der Waals surface area contributed by atoms with Gasteiger partial charge in [0.25, 0.3) is 0 Å². The molecule has 3 heteroatoms. The number of hydrogen-bond donors (Lipinski definition) is 1. The van der Waals surface area contributed by atoms with Gasteiger partial charge in [-0.15, -0.1) is 0 Å². The van der Waals surface area contributed by atoms with E-state index < -0.39 is 0 Å². The zero-order chi connectivity index (χ0) is 11.2. The highest BCUT2D eigenvalue weighted by Gasteiger charge is 2.12. The van der Waals surface area contributed by atoms with Crippen molar-refractivity contribution in [2.75, 3.05) is 18.1 Å². The molecule has 0 amide bonds. The molecular formula is C13H20N2S. The number of nitrogens with zero attached hydrogens (tertiary/aromatic N) is 1. The SMILES string of the molecule is Cc1ncccc1CNCC1CCSCC1. The summed E-state index contributed by atoms with van der Waals surface area (Å²) >= 11 is 2.09. The van der Waals surface area contributed by atoms with Crippen LogP contribution in [0.3, 0.4) is 0 Å². The molecule has 1 saturated heterocycles. The van der Waals surface area contributed by atoms with Crippen LogP contribution in [0.4, 0.5) is 0 Å². The van der Waals surface area contributed by atoms with Gasteiger partial charge in [0.15, 0.2) is 0 Å². The quantitative estimate of drug-likeness (QED) is 0.870. The second kappa shape index (κ2) is 6.26. The minimum Gasteiger partial charge on any atom is -0.312 e. The van der Waals surface area contributed by atoms with Gasteiger partial charge in [-0.05, 0) is 55.4 Å². The van der Waals surface area contributed by atoms with Crippen molar-refractivity contribution in [2.24, 2.45) is 5.92 Å². The monoisotopic (exact) mass is 236 g/mol. The Kier molecular flexibility index (Phi) is 4.67. The lowest BCUT2D eigenvalue weighted by molar-refractivity contribution is 0.447. The number of aryl methyl sites for hydroxylation is 1. The Hall–Kier alpha value is -0.540. The molecule has 88 valence electrons. The molecule has 0 unspecified atom stereocenters. The molecule has 2 heterocycles. The van der Waals surface area contributed by atoms with Crippen LogP contribution in [0.15, 0.2) is 18.3 Å². The molecule has 0 aliphatic carbocycles. The van der Waals surface area contributed by atoms with Crippen molar-refractivity contribution in [3.8, 4) is 0 Å². The first kappa shape index (κ1) is 11.9. The maximum Gasteiger partial charge on any atom is 0.0417 e. The lowest BCUT2D eigenvalue weighted by Crippen LogP contribution is -2.25. The summed E-state index contributed by atoms with van der Waals surface area (Å²) in [6.07, 6.45) is 4.62. The fourth-order valence-electron chi connectivity index (χ4n) is 2.07. The van der Waals surface area contributed by atoms with E-state index in [1.54, 1.807) is 0 Å². The minimum absolute atomic E-state index is 0.887. The topological polar surface area (TPSA) is 24.9 Å². The molecule has 1 aromatic rings. The summed E-state index contributed by atoms with van der Waals surface area (Å²) in [5.41, 5.74) is 2.47. The molecule has 1 aliphatic heterocycles. The molecule has 1 aliphatic rings. The third-order valence-corrected chi connectivity index (χ3v) is 4.25. The average Bonchev–Trinajstić information content (AvgIpc) is 2.33. The van der Waals surface area contributed by atoms with E-state index in [0.717, 1.165) is 24.7 Å². The van der Waals surface area contributed by atoms with Crippen LogP contribution in [0.2, 0.25) is 0 Å². The van der Waals surface area contributed by atoms with E-state index in [1.807, 2.05) is 12.3 Å². The van der Waals surface area contributed by atoms with Crippen LogP contribution in [0, 0.1) is 12.8 Å². The molecule has 2 nitrogen and oxygen atoms in total. The van der Waals surface area contributed by atoms with E-state index in [4.69, 9.17) is 0 Å². The van der Waals surface area contributed by atoms with Gasteiger partial charge in [-0.25, -0.2) is 0 Å². The van der Waals surface area contributed by atoms with Crippen molar-refractivity contribution in [3.63, 3.8) is 0 Å². The van der Waals surface area contributed by atoms with Gasteiger partial charge in [-0.2, -0.15) is 11.8 Å². The molecule has 1 fully saturated rings. The number of pyridine rings is 1. The molecule has 0 saturated carbocycles. The summed E-state index contributed by atoms with van der Waals surface area (Å²) < 4.78 is 0. The first-order valence-electron chi connectivity index (χ1n) is 6.05. The van der Waals surface area contributed by atoms with Gasteiger partial charge in [-0.1, -0.05) is 6.07 Å². The molecule has 1 aromatic heterocycles. The summed E-state index contributed by atoms with van der Waals surface area (Å²) in [4.78, 5) is 4.30. The average molecular weight is 236 g/mol. The van der Waals surface area contributed by atoms with Crippen LogP contribution < -0.4 is 5.32 Å². The van der Waals surface area contributed by atoms with E-state index in [2.05, 4.69) is 35.1 Å². The minimum atomic E-state index is 0.887. The molecule has 16 heavy (non-hydrogen) atoms. The Morgan fingerprint density at radius 3 is 3.00 bits per heavy atom. The maximum absolute atomic E-state index is 4.30. The largest absolute Gasteiger partial charge is 0.312 e. The van der Waals surface area contributed by atoms with Crippen molar-refractivity contribution in [1.29, 1.82) is 0 Å². The molecule has 0 radical (unpaired) electrons.